The van der Waals surface area contributed by atoms with E-state index in [0.29, 0.717) is 5.92 Å². The summed E-state index contributed by atoms with van der Waals surface area (Å²) in [5, 5.41) is 12.0. The lowest BCUT2D eigenvalue weighted by atomic mass is 10.0. The van der Waals surface area contributed by atoms with Gasteiger partial charge in [0, 0.05) is 29.3 Å². The van der Waals surface area contributed by atoms with E-state index >= 15 is 0 Å². The van der Waals surface area contributed by atoms with E-state index in [4.69, 9.17) is 0 Å². The Hall–Kier alpha value is -1.33. The molecule has 0 saturated heterocycles. The second-order valence-electron chi connectivity index (χ2n) is 6.05. The molecule has 1 saturated carbocycles. The van der Waals surface area contributed by atoms with E-state index in [1.54, 1.807) is 0 Å². The average Bonchev–Trinajstić information content (AvgIpc) is 3.08. The number of nitrogens with one attached hydrogen (secondary N) is 1. The Morgan fingerprint density at radius 3 is 3.10 bits per heavy atom. The normalized spacial score (nSPS) is 20.7. The molecule has 0 bridgehead atoms. The van der Waals surface area contributed by atoms with Gasteiger partial charge in [0.2, 0.25) is 0 Å². The van der Waals surface area contributed by atoms with Gasteiger partial charge in [0.05, 0.1) is 12.2 Å². The van der Waals surface area contributed by atoms with Crippen molar-refractivity contribution >= 4 is 11.8 Å². The third-order valence-electron chi connectivity index (χ3n) is 4.23. The fourth-order valence-corrected chi connectivity index (χ4v) is 4.08. The van der Waals surface area contributed by atoms with Gasteiger partial charge in [-0.2, -0.15) is 0 Å². The second kappa shape index (κ2) is 5.81. The van der Waals surface area contributed by atoms with Crippen LogP contribution in [0.4, 0.5) is 0 Å². The van der Waals surface area contributed by atoms with Crippen molar-refractivity contribution in [1.82, 2.24) is 20.3 Å². The molecular formula is C16H20N4S. The number of rotatable bonds is 6. The van der Waals surface area contributed by atoms with E-state index in [9.17, 15) is 0 Å². The van der Waals surface area contributed by atoms with Gasteiger partial charge in [0.1, 0.15) is 0 Å². The molecule has 5 heteroatoms. The largest absolute Gasteiger partial charge is 0.311 e. The molecule has 1 aromatic heterocycles. The zero-order valence-corrected chi connectivity index (χ0v) is 12.9. The summed E-state index contributed by atoms with van der Waals surface area (Å²) in [5.41, 5.74) is 2.51. The van der Waals surface area contributed by atoms with Crippen molar-refractivity contribution in [2.75, 3.05) is 12.3 Å². The molecule has 21 heavy (non-hydrogen) atoms. The summed E-state index contributed by atoms with van der Waals surface area (Å²) in [6.45, 7) is 2.89. The lowest BCUT2D eigenvalue weighted by Gasteiger charge is -2.09. The Morgan fingerprint density at radius 1 is 1.29 bits per heavy atom. The highest BCUT2D eigenvalue weighted by atomic mass is 32.2. The van der Waals surface area contributed by atoms with Gasteiger partial charge in [-0.1, -0.05) is 23.4 Å². The molecule has 2 aromatic rings. The number of thioether (sulfide) groups is 1. The van der Waals surface area contributed by atoms with Crippen LogP contribution in [0.25, 0.3) is 0 Å². The average molecular weight is 300 g/mol. The van der Waals surface area contributed by atoms with Gasteiger partial charge in [0.25, 0.3) is 0 Å². The van der Waals surface area contributed by atoms with Gasteiger partial charge < -0.3 is 5.32 Å². The smallest absolute Gasteiger partial charge is 0.0964 e. The Labute approximate surface area is 129 Å². The van der Waals surface area contributed by atoms with Crippen LogP contribution < -0.4 is 5.32 Å². The van der Waals surface area contributed by atoms with Gasteiger partial charge in [-0.05, 0) is 36.9 Å². The van der Waals surface area contributed by atoms with Gasteiger partial charge >= 0.3 is 0 Å². The van der Waals surface area contributed by atoms with Crippen LogP contribution in [0.3, 0.4) is 0 Å². The molecule has 2 aliphatic rings. The highest BCUT2D eigenvalue weighted by Crippen LogP contribution is 2.39. The van der Waals surface area contributed by atoms with Crippen molar-refractivity contribution < 1.29 is 0 Å². The minimum atomic E-state index is 0.556. The molecule has 4 nitrogen and oxygen atoms in total. The van der Waals surface area contributed by atoms with Crippen molar-refractivity contribution in [1.29, 1.82) is 0 Å². The third kappa shape index (κ3) is 3.14. The van der Waals surface area contributed by atoms with E-state index in [0.717, 1.165) is 37.0 Å². The van der Waals surface area contributed by atoms with Crippen LogP contribution in [0.1, 0.15) is 30.0 Å². The fraction of sp³-hybridized carbons (Fsp3) is 0.500. The number of fused-ring (bicyclic) bond motifs is 1. The van der Waals surface area contributed by atoms with Crippen LogP contribution in [0.2, 0.25) is 0 Å². The maximum atomic E-state index is 4.28. The van der Waals surface area contributed by atoms with Gasteiger partial charge in [-0.3, -0.25) is 4.68 Å². The maximum Gasteiger partial charge on any atom is 0.0964 e. The minimum absolute atomic E-state index is 0.556. The standard InChI is InChI=1S/C16H20N4S/c1-2-4-16-15(3-1)13(11-21-16)9-20-10-14(18-19-20)8-17-7-12-5-6-12/h1-4,10,12-13,17H,5-9,11H2. The molecule has 0 radical (unpaired) electrons. The van der Waals surface area contributed by atoms with Gasteiger partial charge in [0.15, 0.2) is 0 Å². The number of hydrogen-bond donors (Lipinski definition) is 1. The van der Waals surface area contributed by atoms with Crippen molar-refractivity contribution in [3.63, 3.8) is 0 Å². The van der Waals surface area contributed by atoms with Crippen LogP contribution in [0, 0.1) is 5.92 Å². The molecule has 1 N–H and O–H groups in total. The molecule has 0 spiro atoms. The SMILES string of the molecule is c1ccc2c(c1)SCC2Cn1cc(CNCC2CC2)nn1. The minimum Gasteiger partial charge on any atom is -0.311 e. The predicted molar refractivity (Wildman–Crippen MR) is 84.4 cm³/mol. The number of hydrogen-bond acceptors (Lipinski definition) is 4. The third-order valence-corrected chi connectivity index (χ3v) is 5.48. The molecule has 110 valence electrons. The lowest BCUT2D eigenvalue weighted by molar-refractivity contribution is 0.532. The Morgan fingerprint density at radius 2 is 2.19 bits per heavy atom. The van der Waals surface area contributed by atoms with E-state index in [1.807, 2.05) is 16.4 Å². The van der Waals surface area contributed by atoms with Crippen molar-refractivity contribution in [2.24, 2.45) is 5.92 Å². The zero-order valence-electron chi connectivity index (χ0n) is 12.0. The fourth-order valence-electron chi connectivity index (χ4n) is 2.84. The maximum absolute atomic E-state index is 4.28. The predicted octanol–water partition coefficient (Wildman–Crippen LogP) is 2.67. The monoisotopic (exact) mass is 300 g/mol. The zero-order chi connectivity index (χ0) is 14.1. The van der Waals surface area contributed by atoms with Crippen LogP contribution >= 0.6 is 11.8 Å². The highest BCUT2D eigenvalue weighted by molar-refractivity contribution is 7.99. The van der Waals surface area contributed by atoms with Gasteiger partial charge in [-0.15, -0.1) is 16.9 Å². The Kier molecular flexibility index (Phi) is 3.69. The number of nitrogens with zero attached hydrogens (tertiary/aromatic N) is 3. The molecule has 1 fully saturated rings. The van der Waals surface area contributed by atoms with Gasteiger partial charge in [-0.25, -0.2) is 0 Å². The molecule has 1 atom stereocenters. The van der Waals surface area contributed by atoms with E-state index in [1.165, 1.54) is 23.3 Å². The number of benzene rings is 1. The topological polar surface area (TPSA) is 42.7 Å². The van der Waals surface area contributed by atoms with E-state index < -0.39 is 0 Å². The highest BCUT2D eigenvalue weighted by Gasteiger charge is 2.23. The first-order valence-corrected chi connectivity index (χ1v) is 8.68. The van der Waals surface area contributed by atoms with Crippen molar-refractivity contribution in [3.8, 4) is 0 Å². The Balaban J connectivity index is 1.35. The summed E-state index contributed by atoms with van der Waals surface area (Å²) in [4.78, 5) is 1.42. The van der Waals surface area contributed by atoms with Crippen LogP contribution in [-0.4, -0.2) is 27.3 Å². The summed E-state index contributed by atoms with van der Waals surface area (Å²) in [6.07, 6.45) is 4.86. The first-order valence-electron chi connectivity index (χ1n) is 7.70. The second-order valence-corrected chi connectivity index (χ2v) is 7.11. The van der Waals surface area contributed by atoms with Crippen molar-refractivity contribution in [2.45, 2.75) is 36.7 Å². The Bertz CT molecular complexity index is 620. The molecule has 1 aromatic carbocycles. The number of aromatic nitrogens is 3. The molecule has 1 unspecified atom stereocenters. The summed E-state index contributed by atoms with van der Waals surface area (Å²) < 4.78 is 2.00. The van der Waals surface area contributed by atoms with Crippen LogP contribution in [0.15, 0.2) is 35.4 Å². The molecule has 4 rings (SSSR count). The van der Waals surface area contributed by atoms with E-state index in [-0.39, 0.29) is 0 Å². The summed E-state index contributed by atoms with van der Waals surface area (Å²) >= 11 is 1.95. The quantitative estimate of drug-likeness (QED) is 0.890. The first kappa shape index (κ1) is 13.3. The van der Waals surface area contributed by atoms with E-state index in [2.05, 4.69) is 46.1 Å². The van der Waals surface area contributed by atoms with Crippen LogP contribution in [0.5, 0.6) is 0 Å². The molecule has 0 amide bonds. The summed E-state index contributed by atoms with van der Waals surface area (Å²) in [5.74, 6) is 2.61. The molecule has 2 heterocycles. The summed E-state index contributed by atoms with van der Waals surface area (Å²) in [6, 6.07) is 8.71. The molecular weight excluding hydrogens is 280 g/mol. The lowest BCUT2D eigenvalue weighted by Crippen LogP contribution is -2.16. The molecule has 1 aliphatic heterocycles. The van der Waals surface area contributed by atoms with Crippen molar-refractivity contribution in [3.05, 3.63) is 41.7 Å². The van der Waals surface area contributed by atoms with Crippen LogP contribution in [-0.2, 0) is 13.1 Å². The first-order chi connectivity index (χ1) is 10.4. The molecule has 1 aliphatic carbocycles. The summed E-state index contributed by atoms with van der Waals surface area (Å²) in [7, 11) is 0.